The minimum Gasteiger partial charge on any atom is -0.355 e. The Labute approximate surface area is 138 Å². The quantitative estimate of drug-likeness (QED) is 0.858. The first-order valence-electron chi connectivity index (χ1n) is 7.44. The number of pyridine rings is 1. The number of anilines is 2. The van der Waals surface area contributed by atoms with Crippen molar-refractivity contribution in [3.63, 3.8) is 0 Å². The van der Waals surface area contributed by atoms with Gasteiger partial charge < -0.3 is 10.6 Å². The van der Waals surface area contributed by atoms with E-state index in [4.69, 9.17) is 0 Å². The Morgan fingerprint density at radius 2 is 1.79 bits per heavy atom. The van der Waals surface area contributed by atoms with Gasteiger partial charge in [0.15, 0.2) is 0 Å². The molecule has 0 bridgehead atoms. The van der Waals surface area contributed by atoms with Crippen molar-refractivity contribution in [2.24, 2.45) is 5.92 Å². The predicted octanol–water partition coefficient (Wildman–Crippen LogP) is 4.23. The number of benzene rings is 1. The number of nitrogens with zero attached hydrogens (tertiary/aromatic N) is 1. The van der Waals surface area contributed by atoms with Crippen LogP contribution in [-0.2, 0) is 6.18 Å². The van der Waals surface area contributed by atoms with Crippen molar-refractivity contribution in [1.29, 1.82) is 0 Å². The summed E-state index contributed by atoms with van der Waals surface area (Å²) < 4.78 is 37.6. The summed E-state index contributed by atoms with van der Waals surface area (Å²) in [4.78, 5) is 16.0. The molecule has 7 heteroatoms. The second-order valence-corrected chi connectivity index (χ2v) is 5.73. The first-order chi connectivity index (χ1) is 11.3. The van der Waals surface area contributed by atoms with Crippen molar-refractivity contribution < 1.29 is 18.0 Å². The molecule has 0 unspecified atom stereocenters. The fourth-order valence-electron chi connectivity index (χ4n) is 1.93. The Balaban J connectivity index is 2.08. The zero-order chi connectivity index (χ0) is 17.7. The minimum absolute atomic E-state index is 0.243. The summed E-state index contributed by atoms with van der Waals surface area (Å²) in [7, 11) is 0. The molecule has 2 aromatic rings. The van der Waals surface area contributed by atoms with Gasteiger partial charge in [0.2, 0.25) is 0 Å². The number of amides is 1. The number of hydrogen-bond acceptors (Lipinski definition) is 3. The van der Waals surface area contributed by atoms with Gasteiger partial charge in [0.25, 0.3) is 5.91 Å². The van der Waals surface area contributed by atoms with E-state index < -0.39 is 11.7 Å². The molecule has 0 saturated heterocycles. The highest BCUT2D eigenvalue weighted by atomic mass is 19.4. The number of nitrogens with one attached hydrogen (secondary N) is 2. The van der Waals surface area contributed by atoms with Gasteiger partial charge >= 0.3 is 6.18 Å². The second kappa shape index (κ2) is 7.33. The van der Waals surface area contributed by atoms with Crippen LogP contribution in [0.1, 0.15) is 29.9 Å². The summed E-state index contributed by atoms with van der Waals surface area (Å²) in [5.74, 6) is 0.0298. The third kappa shape index (κ3) is 4.97. The second-order valence-electron chi connectivity index (χ2n) is 5.73. The van der Waals surface area contributed by atoms with Crippen molar-refractivity contribution in [2.75, 3.05) is 11.9 Å². The summed E-state index contributed by atoms with van der Waals surface area (Å²) in [6.07, 6.45) is -2.90. The van der Waals surface area contributed by atoms with Crippen LogP contribution in [0.4, 0.5) is 24.5 Å². The molecular weight excluding hydrogens is 319 g/mol. The van der Waals surface area contributed by atoms with Crippen LogP contribution in [0.15, 0.2) is 42.6 Å². The number of carbonyl (C=O) groups is 1. The lowest BCUT2D eigenvalue weighted by molar-refractivity contribution is -0.137. The number of aromatic nitrogens is 1. The van der Waals surface area contributed by atoms with Gasteiger partial charge in [-0.3, -0.25) is 9.78 Å². The summed E-state index contributed by atoms with van der Waals surface area (Å²) in [6.45, 7) is 4.50. The molecule has 1 aromatic carbocycles. The van der Waals surface area contributed by atoms with E-state index in [0.29, 0.717) is 23.8 Å². The maximum Gasteiger partial charge on any atom is 0.416 e. The molecule has 0 fully saturated rings. The highest BCUT2D eigenvalue weighted by Gasteiger charge is 2.29. The summed E-state index contributed by atoms with van der Waals surface area (Å²) in [6, 6.07) is 7.85. The molecular formula is C17H18F3N3O. The van der Waals surface area contributed by atoms with E-state index in [1.165, 1.54) is 18.3 Å². The summed E-state index contributed by atoms with van der Waals surface area (Å²) >= 11 is 0. The molecule has 0 spiro atoms. The van der Waals surface area contributed by atoms with E-state index in [2.05, 4.69) is 15.6 Å². The normalized spacial score (nSPS) is 11.4. The standard InChI is InChI=1S/C17H18F3N3O/c1-11(2)10-22-16(24)15-9-14(7-8-21-15)23-13-5-3-12(4-6-13)17(18,19)20/h3-9,11H,10H2,1-2H3,(H,21,23)(H,22,24). The lowest BCUT2D eigenvalue weighted by atomic mass is 10.2. The number of halogens is 3. The van der Waals surface area contributed by atoms with Gasteiger partial charge in [0, 0.05) is 24.1 Å². The van der Waals surface area contributed by atoms with Crippen LogP contribution < -0.4 is 10.6 Å². The molecule has 1 aromatic heterocycles. The lowest BCUT2D eigenvalue weighted by Crippen LogP contribution is -2.28. The Morgan fingerprint density at radius 3 is 2.38 bits per heavy atom. The Bertz CT molecular complexity index is 697. The third-order valence-electron chi connectivity index (χ3n) is 3.16. The molecule has 0 aliphatic rings. The lowest BCUT2D eigenvalue weighted by Gasteiger charge is -2.11. The molecule has 0 atom stereocenters. The van der Waals surface area contributed by atoms with Crippen molar-refractivity contribution in [2.45, 2.75) is 20.0 Å². The van der Waals surface area contributed by atoms with Crippen LogP contribution >= 0.6 is 0 Å². The number of carbonyl (C=O) groups excluding carboxylic acids is 1. The highest BCUT2D eigenvalue weighted by molar-refractivity contribution is 5.93. The average Bonchev–Trinajstić information content (AvgIpc) is 2.52. The van der Waals surface area contributed by atoms with Crippen LogP contribution in [0, 0.1) is 5.92 Å². The fourth-order valence-corrected chi connectivity index (χ4v) is 1.93. The molecule has 1 heterocycles. The van der Waals surface area contributed by atoms with Crippen molar-refractivity contribution >= 4 is 17.3 Å². The Morgan fingerprint density at radius 1 is 1.12 bits per heavy atom. The monoisotopic (exact) mass is 337 g/mol. The van der Waals surface area contributed by atoms with E-state index in [-0.39, 0.29) is 11.6 Å². The molecule has 0 saturated carbocycles. The first kappa shape index (κ1) is 17.8. The average molecular weight is 337 g/mol. The topological polar surface area (TPSA) is 54.0 Å². The zero-order valence-electron chi connectivity index (χ0n) is 13.3. The fraction of sp³-hybridized carbons (Fsp3) is 0.294. The molecule has 0 aliphatic heterocycles. The smallest absolute Gasteiger partial charge is 0.355 e. The molecule has 24 heavy (non-hydrogen) atoms. The molecule has 0 aliphatic carbocycles. The molecule has 2 N–H and O–H groups in total. The third-order valence-corrected chi connectivity index (χ3v) is 3.16. The van der Waals surface area contributed by atoms with Crippen LogP contribution in [-0.4, -0.2) is 17.4 Å². The van der Waals surface area contributed by atoms with E-state index >= 15 is 0 Å². The number of hydrogen-bond donors (Lipinski definition) is 2. The molecule has 0 radical (unpaired) electrons. The SMILES string of the molecule is CC(C)CNC(=O)c1cc(Nc2ccc(C(F)(F)F)cc2)ccn1. The van der Waals surface area contributed by atoms with Gasteiger partial charge in [0.05, 0.1) is 5.56 Å². The number of rotatable bonds is 5. The van der Waals surface area contributed by atoms with Gasteiger partial charge in [-0.05, 0) is 42.3 Å². The van der Waals surface area contributed by atoms with Crippen LogP contribution in [0.2, 0.25) is 0 Å². The van der Waals surface area contributed by atoms with Gasteiger partial charge in [0.1, 0.15) is 5.69 Å². The van der Waals surface area contributed by atoms with Gasteiger partial charge in [-0.15, -0.1) is 0 Å². The Hall–Kier alpha value is -2.57. The Kier molecular flexibility index (Phi) is 5.43. The van der Waals surface area contributed by atoms with E-state index in [9.17, 15) is 18.0 Å². The van der Waals surface area contributed by atoms with Crippen molar-refractivity contribution in [3.8, 4) is 0 Å². The van der Waals surface area contributed by atoms with E-state index in [1.54, 1.807) is 12.1 Å². The van der Waals surface area contributed by atoms with E-state index in [1.807, 2.05) is 13.8 Å². The van der Waals surface area contributed by atoms with Gasteiger partial charge in [-0.25, -0.2) is 0 Å². The van der Waals surface area contributed by atoms with Crippen molar-refractivity contribution in [3.05, 3.63) is 53.9 Å². The maximum atomic E-state index is 12.5. The van der Waals surface area contributed by atoms with Crippen LogP contribution in [0.25, 0.3) is 0 Å². The van der Waals surface area contributed by atoms with Gasteiger partial charge in [-0.2, -0.15) is 13.2 Å². The largest absolute Gasteiger partial charge is 0.416 e. The zero-order valence-corrected chi connectivity index (χ0v) is 13.3. The molecule has 128 valence electrons. The molecule has 1 amide bonds. The summed E-state index contributed by atoms with van der Waals surface area (Å²) in [5, 5.41) is 5.71. The van der Waals surface area contributed by atoms with Gasteiger partial charge in [-0.1, -0.05) is 13.8 Å². The van der Waals surface area contributed by atoms with E-state index in [0.717, 1.165) is 12.1 Å². The molecule has 4 nitrogen and oxygen atoms in total. The number of alkyl halides is 3. The first-order valence-corrected chi connectivity index (χ1v) is 7.44. The van der Waals surface area contributed by atoms with Crippen molar-refractivity contribution in [1.82, 2.24) is 10.3 Å². The highest BCUT2D eigenvalue weighted by Crippen LogP contribution is 2.30. The minimum atomic E-state index is -4.36. The van der Waals surface area contributed by atoms with Crippen LogP contribution in [0.3, 0.4) is 0 Å². The predicted molar refractivity (Wildman–Crippen MR) is 86.1 cm³/mol. The maximum absolute atomic E-state index is 12.5. The summed E-state index contributed by atoms with van der Waals surface area (Å²) in [5.41, 5.74) is 0.589. The van der Waals surface area contributed by atoms with Crippen LogP contribution in [0.5, 0.6) is 0 Å². The molecule has 2 rings (SSSR count).